The third kappa shape index (κ3) is 10.4. The molecule has 1 aliphatic rings. The fraction of sp³-hybridized carbons (Fsp3) is 0.704. The maximum atomic E-state index is 13.0. The summed E-state index contributed by atoms with van der Waals surface area (Å²) >= 11 is 0. The molecule has 2 N–H and O–H groups in total. The average molecular weight is 568 g/mol. The van der Waals surface area contributed by atoms with Crippen LogP contribution in [-0.2, 0) is 20.5 Å². The normalized spacial score (nSPS) is 18.9. The number of nitro groups is 1. The molecule has 1 aromatic rings. The fourth-order valence-corrected chi connectivity index (χ4v) is 5.36. The summed E-state index contributed by atoms with van der Waals surface area (Å²) in [7, 11) is -2.06. The maximum Gasteiger partial charge on any atom is 0.410 e. The molecule has 11 nitrogen and oxygen atoms in total. The number of rotatable bonds is 10. The molecule has 1 saturated heterocycles. The predicted octanol–water partition coefficient (Wildman–Crippen LogP) is 5.36. The van der Waals surface area contributed by atoms with Gasteiger partial charge in [0.2, 0.25) is 0 Å². The number of likely N-dealkylation sites (tertiary alicyclic amines) is 1. The molecule has 1 aliphatic heterocycles. The highest BCUT2D eigenvalue weighted by molar-refractivity contribution is 6.74. The molecular weight excluding hydrogens is 522 g/mol. The van der Waals surface area contributed by atoms with Gasteiger partial charge in [0.05, 0.1) is 17.1 Å². The Morgan fingerprint density at radius 1 is 1.18 bits per heavy atom. The summed E-state index contributed by atoms with van der Waals surface area (Å²) in [5.74, 6) is 0. The number of nitro benzene ring substituents is 1. The van der Waals surface area contributed by atoms with Gasteiger partial charge in [0.1, 0.15) is 12.2 Å². The molecule has 2 rings (SSSR count). The molecule has 0 bridgehead atoms. The van der Waals surface area contributed by atoms with E-state index in [4.69, 9.17) is 13.9 Å². The first kappa shape index (κ1) is 32.5. The highest BCUT2D eigenvalue weighted by Crippen LogP contribution is 2.39. The van der Waals surface area contributed by atoms with E-state index in [1.165, 1.54) is 24.3 Å². The number of nitrogens with zero attached hydrogens (tertiary/aromatic N) is 2. The lowest BCUT2D eigenvalue weighted by Gasteiger charge is -2.38. The van der Waals surface area contributed by atoms with E-state index >= 15 is 0 Å². The van der Waals surface area contributed by atoms with Gasteiger partial charge >= 0.3 is 12.2 Å². The Hall–Kier alpha value is -2.70. The monoisotopic (exact) mass is 567 g/mol. The summed E-state index contributed by atoms with van der Waals surface area (Å²) in [5.41, 5.74) is -0.0616. The van der Waals surface area contributed by atoms with E-state index < -0.39 is 37.1 Å². The first-order valence-electron chi connectivity index (χ1n) is 13.4. The summed E-state index contributed by atoms with van der Waals surface area (Å²) in [6, 6.07) is 5.49. The van der Waals surface area contributed by atoms with Gasteiger partial charge in [0.15, 0.2) is 8.32 Å². The van der Waals surface area contributed by atoms with Gasteiger partial charge in [-0.1, -0.05) is 20.8 Å². The molecule has 220 valence electrons. The van der Waals surface area contributed by atoms with E-state index in [1.54, 1.807) is 4.90 Å². The number of alkyl carbamates (subject to hydrolysis) is 1. The van der Waals surface area contributed by atoms with Crippen LogP contribution in [0.15, 0.2) is 24.3 Å². The van der Waals surface area contributed by atoms with Crippen molar-refractivity contribution in [3.63, 3.8) is 0 Å². The van der Waals surface area contributed by atoms with Gasteiger partial charge in [-0.05, 0) is 75.9 Å². The molecule has 2 amide bonds. The van der Waals surface area contributed by atoms with Crippen molar-refractivity contribution in [1.82, 2.24) is 10.2 Å². The fourth-order valence-electron chi connectivity index (χ4n) is 4.01. The third-order valence-corrected chi connectivity index (χ3v) is 11.6. The van der Waals surface area contributed by atoms with Gasteiger partial charge in [-0.25, -0.2) is 9.59 Å². The number of aliphatic hydroxyl groups is 1. The number of benzene rings is 1. The molecular formula is C27H45N3O8Si. The number of ether oxygens (including phenoxy) is 2. The van der Waals surface area contributed by atoms with Crippen LogP contribution in [-0.4, -0.2) is 72.4 Å². The summed E-state index contributed by atoms with van der Waals surface area (Å²) in [6.07, 6.45) is -0.763. The van der Waals surface area contributed by atoms with E-state index in [0.717, 1.165) is 0 Å². The van der Waals surface area contributed by atoms with Gasteiger partial charge in [-0.3, -0.25) is 10.1 Å². The topological polar surface area (TPSA) is 140 Å². The lowest BCUT2D eigenvalue weighted by molar-refractivity contribution is -0.384. The zero-order valence-electron chi connectivity index (χ0n) is 24.5. The second-order valence-corrected chi connectivity index (χ2v) is 17.4. The molecule has 0 unspecified atom stereocenters. The first-order valence-corrected chi connectivity index (χ1v) is 16.3. The van der Waals surface area contributed by atoms with Crippen molar-refractivity contribution < 1.29 is 33.5 Å². The van der Waals surface area contributed by atoms with Gasteiger partial charge in [-0.2, -0.15) is 0 Å². The Bertz CT molecular complexity index is 988. The van der Waals surface area contributed by atoms with Crippen molar-refractivity contribution in [3.05, 3.63) is 39.9 Å². The van der Waals surface area contributed by atoms with Crippen molar-refractivity contribution in [2.45, 2.75) is 109 Å². The summed E-state index contributed by atoms with van der Waals surface area (Å²) < 4.78 is 17.4. The van der Waals surface area contributed by atoms with Crippen LogP contribution >= 0.6 is 0 Å². The molecule has 39 heavy (non-hydrogen) atoms. The van der Waals surface area contributed by atoms with Crippen LogP contribution in [0.1, 0.15) is 66.4 Å². The number of hydrogen-bond donors (Lipinski definition) is 2. The molecule has 1 heterocycles. The third-order valence-electron chi connectivity index (χ3n) is 7.08. The number of hydrogen-bond acceptors (Lipinski definition) is 8. The second-order valence-electron chi connectivity index (χ2n) is 12.6. The first-order chi connectivity index (χ1) is 17.9. The predicted molar refractivity (Wildman–Crippen MR) is 150 cm³/mol. The number of aliphatic hydroxyl groups excluding tert-OH is 1. The van der Waals surface area contributed by atoms with Crippen LogP contribution in [0, 0.1) is 10.1 Å². The minimum absolute atomic E-state index is 0.0279. The smallest absolute Gasteiger partial charge is 0.410 e. The van der Waals surface area contributed by atoms with Crippen LogP contribution in [0.2, 0.25) is 18.1 Å². The number of nitrogens with one attached hydrogen (secondary N) is 1. The van der Waals surface area contributed by atoms with Crippen LogP contribution in [0.3, 0.4) is 0 Å². The van der Waals surface area contributed by atoms with Gasteiger partial charge in [-0.15, -0.1) is 0 Å². The standard InChI is InChI=1S/C27H45N3O8Si/c1-26(2,3)37-25(33)29-17-23(38-39(7,8)27(4,5)6)16-21(29)15-22(31)13-14-28-24(32)36-18-19-9-11-20(12-10-19)30(34)35/h9-12,21-23,31H,13-18H2,1-8H3,(H,28,32)/t21-,22-,23-/m1/s1. The summed E-state index contributed by atoms with van der Waals surface area (Å²) in [6.45, 7) is 16.9. The molecule has 12 heteroatoms. The molecule has 1 aromatic carbocycles. The van der Waals surface area contributed by atoms with Crippen LogP contribution < -0.4 is 5.32 Å². The van der Waals surface area contributed by atoms with E-state index in [0.29, 0.717) is 24.9 Å². The van der Waals surface area contributed by atoms with Gasteiger partial charge in [0.25, 0.3) is 5.69 Å². The Morgan fingerprint density at radius 2 is 1.79 bits per heavy atom. The van der Waals surface area contributed by atoms with Crippen molar-refractivity contribution in [1.29, 1.82) is 0 Å². The van der Waals surface area contributed by atoms with Crippen LogP contribution in [0.4, 0.5) is 15.3 Å². The molecule has 3 atom stereocenters. The molecule has 1 fully saturated rings. The lowest BCUT2D eigenvalue weighted by atomic mass is 10.0. The molecule has 0 spiro atoms. The molecule has 0 aliphatic carbocycles. The zero-order valence-corrected chi connectivity index (χ0v) is 25.5. The Kier molecular flexibility index (Phi) is 10.9. The van der Waals surface area contributed by atoms with Crippen molar-refractivity contribution in [3.8, 4) is 0 Å². The van der Waals surface area contributed by atoms with E-state index in [9.17, 15) is 24.8 Å². The highest BCUT2D eigenvalue weighted by Gasteiger charge is 2.44. The number of carbonyl (C=O) groups is 2. The lowest BCUT2D eigenvalue weighted by Crippen LogP contribution is -2.45. The number of amides is 2. The van der Waals surface area contributed by atoms with Crippen LogP contribution in [0.25, 0.3) is 0 Å². The zero-order chi connectivity index (χ0) is 29.6. The van der Waals surface area contributed by atoms with E-state index in [-0.39, 0.29) is 42.4 Å². The molecule has 0 saturated carbocycles. The average Bonchev–Trinajstić information content (AvgIpc) is 3.17. The minimum Gasteiger partial charge on any atom is -0.445 e. The van der Waals surface area contributed by atoms with Crippen molar-refractivity contribution >= 4 is 26.2 Å². The SMILES string of the molecule is CC(C)(C)OC(=O)N1C[C@H](O[Si](C)(C)C(C)(C)C)C[C@H]1C[C@H](O)CCNC(=O)OCc1ccc([N+](=O)[O-])cc1. The van der Waals surface area contributed by atoms with E-state index in [1.807, 2.05) is 20.8 Å². The summed E-state index contributed by atoms with van der Waals surface area (Å²) in [4.78, 5) is 36.9. The number of carbonyl (C=O) groups excluding carboxylic acids is 2. The van der Waals surface area contributed by atoms with E-state index in [2.05, 4.69) is 39.2 Å². The van der Waals surface area contributed by atoms with Crippen molar-refractivity contribution in [2.24, 2.45) is 0 Å². The van der Waals surface area contributed by atoms with Gasteiger partial charge < -0.3 is 29.2 Å². The molecule has 0 radical (unpaired) electrons. The second kappa shape index (κ2) is 13.1. The van der Waals surface area contributed by atoms with Crippen LogP contribution in [0.5, 0.6) is 0 Å². The quantitative estimate of drug-likeness (QED) is 0.219. The van der Waals surface area contributed by atoms with Crippen molar-refractivity contribution in [2.75, 3.05) is 13.1 Å². The Morgan fingerprint density at radius 3 is 2.33 bits per heavy atom. The highest BCUT2D eigenvalue weighted by atomic mass is 28.4. The largest absolute Gasteiger partial charge is 0.445 e. The minimum atomic E-state index is -2.06. The Balaban J connectivity index is 1.88. The maximum absolute atomic E-state index is 13.0. The van der Waals surface area contributed by atoms with Gasteiger partial charge in [0, 0.05) is 31.3 Å². The Labute approximate surface area is 232 Å². The molecule has 0 aromatic heterocycles. The summed E-state index contributed by atoms with van der Waals surface area (Å²) in [5, 5.41) is 24.1. The number of non-ortho nitro benzene ring substituents is 1.